The lowest BCUT2D eigenvalue weighted by Gasteiger charge is -2.10. The van der Waals surface area contributed by atoms with E-state index in [1.165, 1.54) is 153 Å². The van der Waals surface area contributed by atoms with Crippen LogP contribution in [0.1, 0.15) is 90.9 Å². The van der Waals surface area contributed by atoms with Crippen molar-refractivity contribution in [2.45, 2.75) is 101 Å². The molecule has 0 saturated carbocycles. The Labute approximate surface area is 272 Å². The van der Waals surface area contributed by atoms with Gasteiger partial charge in [0.25, 0.3) is 0 Å². The average Bonchev–Trinajstić information content (AvgIpc) is 3.55. The summed E-state index contributed by atoms with van der Waals surface area (Å²) in [5, 5.41) is 13.7. The van der Waals surface area contributed by atoms with Gasteiger partial charge in [-0.2, -0.15) is 0 Å². The molecular formula is C40H50N2S2. The number of unbranched alkanes of at least 4 members (excludes halogenated alkanes) is 10. The highest BCUT2D eigenvalue weighted by atomic mass is 32.2. The molecule has 0 spiro atoms. The molecule has 0 unspecified atom stereocenters. The van der Waals surface area contributed by atoms with Crippen LogP contribution in [0.25, 0.3) is 54.1 Å². The van der Waals surface area contributed by atoms with Gasteiger partial charge >= 0.3 is 0 Å². The molecule has 6 rings (SSSR count). The van der Waals surface area contributed by atoms with Gasteiger partial charge in [-0.05, 0) is 80.9 Å². The fraction of sp³-hybridized carbons (Fsp3) is 0.450. The Morgan fingerprint density at radius 3 is 1.11 bits per heavy atom. The van der Waals surface area contributed by atoms with E-state index in [9.17, 15) is 0 Å². The largest absolute Gasteiger partial charge is 0.339 e. The van der Waals surface area contributed by atoms with E-state index in [0.29, 0.717) is 0 Å². The monoisotopic (exact) mass is 622 g/mol. The Morgan fingerprint density at radius 1 is 0.409 bits per heavy atom. The molecule has 0 aliphatic heterocycles. The third-order valence-corrected chi connectivity index (χ3v) is 12.0. The van der Waals surface area contributed by atoms with E-state index in [0.717, 1.165) is 0 Å². The van der Waals surface area contributed by atoms with Crippen molar-refractivity contribution in [1.29, 1.82) is 0 Å². The maximum absolute atomic E-state index is 2.43. The minimum Gasteiger partial charge on any atom is -0.339 e. The van der Waals surface area contributed by atoms with Crippen LogP contribution in [-0.4, -0.2) is 20.6 Å². The quantitative estimate of drug-likeness (QED) is 0.0603. The second-order valence-corrected chi connectivity index (χ2v) is 15.0. The van der Waals surface area contributed by atoms with Crippen molar-refractivity contribution < 1.29 is 0 Å². The Kier molecular flexibility index (Phi) is 10.5. The first-order chi connectivity index (χ1) is 21.6. The molecule has 0 N–H and O–H groups in total. The number of benzene rings is 4. The predicted molar refractivity (Wildman–Crippen MR) is 200 cm³/mol. The molecule has 0 amide bonds. The van der Waals surface area contributed by atoms with Crippen molar-refractivity contribution in [3.8, 4) is 0 Å². The fourth-order valence-electron chi connectivity index (χ4n) is 7.02. The van der Waals surface area contributed by atoms with Gasteiger partial charge in [0.15, 0.2) is 0 Å². The number of thioether (sulfide) groups is 2. The van der Waals surface area contributed by atoms with Gasteiger partial charge < -0.3 is 9.13 Å². The summed E-state index contributed by atoms with van der Waals surface area (Å²) in [6.07, 6.45) is 16.3. The molecule has 0 aliphatic carbocycles. The lowest BCUT2D eigenvalue weighted by molar-refractivity contribution is 0.627. The van der Waals surface area contributed by atoms with E-state index in [4.69, 9.17) is 0 Å². The molecule has 4 aromatic carbocycles. The second kappa shape index (κ2) is 14.7. The molecule has 0 bridgehead atoms. The molecule has 0 saturated heterocycles. The summed E-state index contributed by atoms with van der Waals surface area (Å²) in [4.78, 5) is 0. The Morgan fingerprint density at radius 2 is 0.727 bits per heavy atom. The van der Waals surface area contributed by atoms with Gasteiger partial charge in [0.1, 0.15) is 0 Å². The molecule has 4 heteroatoms. The van der Waals surface area contributed by atoms with Gasteiger partial charge in [-0.25, -0.2) is 0 Å². The summed E-state index contributed by atoms with van der Waals surface area (Å²) in [5.74, 6) is 2.41. The third kappa shape index (κ3) is 6.40. The van der Waals surface area contributed by atoms with Crippen LogP contribution in [0.3, 0.4) is 0 Å². The second-order valence-electron chi connectivity index (χ2n) is 12.7. The third-order valence-electron chi connectivity index (χ3n) is 9.65. The van der Waals surface area contributed by atoms with Crippen LogP contribution in [0.4, 0.5) is 0 Å². The van der Waals surface area contributed by atoms with Gasteiger partial charge in [0.05, 0.1) is 10.1 Å². The van der Waals surface area contributed by atoms with E-state index >= 15 is 0 Å². The lowest BCUT2D eigenvalue weighted by Crippen LogP contribution is -1.91. The van der Waals surface area contributed by atoms with Crippen molar-refractivity contribution in [3.63, 3.8) is 0 Å². The van der Waals surface area contributed by atoms with Crippen LogP contribution >= 0.6 is 23.5 Å². The Hall–Kier alpha value is -2.56. The summed E-state index contributed by atoms with van der Waals surface area (Å²) in [7, 11) is 4.47. The topological polar surface area (TPSA) is 9.86 Å². The molecular weight excluding hydrogens is 573 g/mol. The van der Waals surface area contributed by atoms with E-state index in [1.54, 1.807) is 0 Å². The Balaban J connectivity index is 1.26. The van der Waals surface area contributed by atoms with E-state index in [-0.39, 0.29) is 0 Å². The smallest absolute Gasteiger partial charge is 0.0756 e. The minimum absolute atomic E-state index is 1.20. The minimum atomic E-state index is 1.20. The number of hydrogen-bond donors (Lipinski definition) is 0. The first-order valence-electron chi connectivity index (χ1n) is 17.2. The van der Waals surface area contributed by atoms with Gasteiger partial charge in [-0.15, -0.1) is 23.5 Å². The normalized spacial score (nSPS) is 12.2. The molecule has 6 aromatic rings. The van der Waals surface area contributed by atoms with Gasteiger partial charge in [-0.1, -0.05) is 114 Å². The summed E-state index contributed by atoms with van der Waals surface area (Å²) in [6.45, 7) is 4.58. The zero-order valence-electron chi connectivity index (χ0n) is 27.4. The van der Waals surface area contributed by atoms with Crippen LogP contribution in [-0.2, 0) is 14.1 Å². The van der Waals surface area contributed by atoms with Crippen LogP contribution in [0.2, 0.25) is 0 Å². The molecule has 2 heterocycles. The fourth-order valence-corrected chi connectivity index (χ4v) is 9.12. The van der Waals surface area contributed by atoms with Crippen molar-refractivity contribution in [1.82, 2.24) is 9.13 Å². The standard InChI is InChI=1S/C40H50N2S2/c1-5-7-9-11-13-15-25-43-39-27-35-33-19-17-30-29(31(33)21-23-37(35)41(39)3)18-20-34-32(30)22-24-38-36(34)28-40(42(38)4)44-26-16-14-12-10-8-6-2/h17-24,27-28H,5-16,25-26H2,1-4H3. The molecule has 2 aromatic heterocycles. The molecule has 44 heavy (non-hydrogen) atoms. The maximum atomic E-state index is 2.43. The summed E-state index contributed by atoms with van der Waals surface area (Å²) < 4.78 is 4.80. The molecule has 2 nitrogen and oxygen atoms in total. The molecule has 0 atom stereocenters. The van der Waals surface area contributed by atoms with Gasteiger partial charge in [-0.3, -0.25) is 0 Å². The van der Waals surface area contributed by atoms with Crippen LogP contribution in [0.15, 0.2) is 70.7 Å². The zero-order valence-corrected chi connectivity index (χ0v) is 29.0. The van der Waals surface area contributed by atoms with Gasteiger partial charge in [0, 0.05) is 35.9 Å². The lowest BCUT2D eigenvalue weighted by atomic mass is 9.94. The molecule has 0 fully saturated rings. The summed E-state index contributed by atoms with van der Waals surface area (Å²) >= 11 is 4.05. The number of rotatable bonds is 16. The van der Waals surface area contributed by atoms with Gasteiger partial charge in [0.2, 0.25) is 0 Å². The maximum Gasteiger partial charge on any atom is 0.0756 e. The van der Waals surface area contributed by atoms with Crippen molar-refractivity contribution in [2.24, 2.45) is 14.1 Å². The molecule has 0 radical (unpaired) electrons. The molecule has 0 aliphatic rings. The zero-order chi connectivity index (χ0) is 30.5. The SMILES string of the molecule is CCCCCCCCSc1cc2c3ccc4c(ccc5c4ccc4c5cc(SCCCCCCCC)n4C)c3ccc2n1C. The predicted octanol–water partition coefficient (Wildman–Crippen LogP) is 13.0. The number of hydrogen-bond acceptors (Lipinski definition) is 2. The highest BCUT2D eigenvalue weighted by molar-refractivity contribution is 7.99. The number of fused-ring (bicyclic) bond motifs is 9. The first-order valence-corrected chi connectivity index (χ1v) is 19.2. The van der Waals surface area contributed by atoms with Crippen molar-refractivity contribution >= 4 is 77.6 Å². The number of aryl methyl sites for hydroxylation is 2. The van der Waals surface area contributed by atoms with E-state index < -0.39 is 0 Å². The number of nitrogens with zero attached hydrogens (tertiary/aromatic N) is 2. The van der Waals surface area contributed by atoms with Crippen molar-refractivity contribution in [2.75, 3.05) is 11.5 Å². The van der Waals surface area contributed by atoms with E-state index in [2.05, 4.69) is 97.7 Å². The summed E-state index contributed by atoms with van der Waals surface area (Å²) in [5.41, 5.74) is 2.67. The highest BCUT2D eigenvalue weighted by Crippen LogP contribution is 2.40. The Bertz CT molecular complexity index is 1740. The van der Waals surface area contributed by atoms with Crippen LogP contribution < -0.4 is 0 Å². The van der Waals surface area contributed by atoms with Crippen molar-refractivity contribution in [3.05, 3.63) is 60.7 Å². The highest BCUT2D eigenvalue weighted by Gasteiger charge is 2.15. The average molecular weight is 623 g/mol. The number of aromatic nitrogens is 2. The van der Waals surface area contributed by atoms with Crippen LogP contribution in [0, 0.1) is 0 Å². The molecule has 232 valence electrons. The van der Waals surface area contributed by atoms with Crippen LogP contribution in [0.5, 0.6) is 0 Å². The van der Waals surface area contributed by atoms with E-state index in [1.807, 2.05) is 23.5 Å². The first kappa shape index (κ1) is 31.4. The summed E-state index contributed by atoms with van der Waals surface area (Å²) in [6, 6.07) is 23.7.